The van der Waals surface area contributed by atoms with Gasteiger partial charge in [0.15, 0.2) is 0 Å². The van der Waals surface area contributed by atoms with E-state index in [4.69, 9.17) is 0 Å². The van der Waals surface area contributed by atoms with Crippen molar-refractivity contribution in [1.29, 1.82) is 0 Å². The maximum atomic E-state index is 2.36. The fourth-order valence-corrected chi connectivity index (χ4v) is 5.01. The van der Waals surface area contributed by atoms with E-state index in [0.29, 0.717) is 0 Å². The summed E-state index contributed by atoms with van der Waals surface area (Å²) in [5.41, 5.74) is 2.89. The third kappa shape index (κ3) is 15.7. The first-order valence-electron chi connectivity index (χ1n) is 14.5. The number of nitrogens with one attached hydrogen (secondary N) is 1. The van der Waals surface area contributed by atoms with Gasteiger partial charge in [-0.1, -0.05) is 131 Å². The Hall–Kier alpha value is -1.58. The van der Waals surface area contributed by atoms with Crippen LogP contribution in [0.25, 0.3) is 10.8 Å². The number of fused-ring (bicyclic) bond motifs is 1. The SMILES string of the molecule is CCCCCCCCCCCC[N+](C)(C)Cc1ccccc1.C[NH+](C)Cc1cccc2ccccc12.[Cl-].[Cl-]. The number of quaternary nitrogens is 2. The molecule has 0 saturated carbocycles. The maximum Gasteiger partial charge on any atom is 0.104 e. The molecular weight excluding hydrogens is 507 g/mol. The van der Waals surface area contributed by atoms with E-state index in [-0.39, 0.29) is 24.8 Å². The smallest absolute Gasteiger partial charge is 0.104 e. The van der Waals surface area contributed by atoms with Gasteiger partial charge in [-0.25, -0.2) is 0 Å². The molecule has 0 fully saturated rings. The number of hydrogen-bond acceptors (Lipinski definition) is 0. The van der Waals surface area contributed by atoms with Gasteiger partial charge in [-0.05, 0) is 23.6 Å². The normalized spacial score (nSPS) is 10.9. The van der Waals surface area contributed by atoms with E-state index < -0.39 is 0 Å². The second-order valence-corrected chi connectivity index (χ2v) is 11.5. The van der Waals surface area contributed by atoms with Crippen LogP contribution in [0.15, 0.2) is 72.8 Å². The Bertz CT molecular complexity index is 952. The topological polar surface area (TPSA) is 4.44 Å². The van der Waals surface area contributed by atoms with Crippen molar-refractivity contribution in [2.45, 2.75) is 84.2 Å². The second kappa shape index (κ2) is 21.3. The lowest BCUT2D eigenvalue weighted by Gasteiger charge is -2.30. The van der Waals surface area contributed by atoms with Crippen molar-refractivity contribution in [3.8, 4) is 0 Å². The van der Waals surface area contributed by atoms with Crippen molar-refractivity contribution in [3.05, 3.63) is 83.9 Å². The molecule has 0 aliphatic carbocycles. The molecular formula is C34H54Cl2N2. The summed E-state index contributed by atoms with van der Waals surface area (Å²) in [6, 6.07) is 26.0. The van der Waals surface area contributed by atoms with Crippen molar-refractivity contribution < 1.29 is 34.2 Å². The van der Waals surface area contributed by atoms with Crippen LogP contribution in [-0.4, -0.2) is 39.2 Å². The number of nitrogens with zero attached hydrogens (tertiary/aromatic N) is 1. The minimum Gasteiger partial charge on any atom is -1.00 e. The van der Waals surface area contributed by atoms with Gasteiger partial charge >= 0.3 is 0 Å². The van der Waals surface area contributed by atoms with Gasteiger partial charge in [-0.3, -0.25) is 0 Å². The molecule has 0 aliphatic rings. The zero-order valence-corrected chi connectivity index (χ0v) is 26.3. The Balaban J connectivity index is 0.000000740. The molecule has 3 aromatic rings. The van der Waals surface area contributed by atoms with Crippen molar-refractivity contribution in [2.24, 2.45) is 0 Å². The average molecular weight is 562 g/mol. The van der Waals surface area contributed by atoms with Crippen molar-refractivity contribution in [2.75, 3.05) is 34.7 Å². The molecule has 0 unspecified atom stereocenters. The van der Waals surface area contributed by atoms with Crippen LogP contribution >= 0.6 is 0 Å². The standard InChI is InChI=1S/C21H38N.C13H15N.2ClH/c1-4-5-6-7-8-9-10-11-12-16-19-22(2,3)20-21-17-14-13-15-18-21;1-14(2)10-12-8-5-7-11-6-3-4-9-13(11)12;;/h13-15,17-18H,4-12,16,19-20H2,1-3H3;3-9H,10H2,1-2H3;2*1H/q+1;;;/p-1. The molecule has 0 heterocycles. The van der Waals surface area contributed by atoms with E-state index in [1.165, 1.54) is 97.6 Å². The first kappa shape index (κ1) is 36.4. The zero-order valence-electron chi connectivity index (χ0n) is 24.8. The molecule has 2 nitrogen and oxygen atoms in total. The van der Waals surface area contributed by atoms with Crippen molar-refractivity contribution in [3.63, 3.8) is 0 Å². The van der Waals surface area contributed by atoms with E-state index in [0.717, 1.165) is 17.6 Å². The monoisotopic (exact) mass is 560 g/mol. The van der Waals surface area contributed by atoms with Crippen LogP contribution in [0, 0.1) is 0 Å². The fraction of sp³-hybridized carbons (Fsp3) is 0.529. The molecule has 0 aliphatic heterocycles. The van der Waals surface area contributed by atoms with E-state index in [2.05, 4.69) is 108 Å². The Labute approximate surface area is 247 Å². The average Bonchev–Trinajstić information content (AvgIpc) is 2.86. The molecule has 214 valence electrons. The predicted octanol–water partition coefficient (Wildman–Crippen LogP) is 1.68. The van der Waals surface area contributed by atoms with Gasteiger partial charge in [-0.2, -0.15) is 0 Å². The largest absolute Gasteiger partial charge is 1.00 e. The Morgan fingerprint density at radius 3 is 1.74 bits per heavy atom. The summed E-state index contributed by atoms with van der Waals surface area (Å²) in [6.07, 6.45) is 14.2. The first-order chi connectivity index (χ1) is 17.4. The molecule has 0 atom stereocenters. The lowest BCUT2D eigenvalue weighted by Crippen LogP contribution is -3.04. The summed E-state index contributed by atoms with van der Waals surface area (Å²) >= 11 is 0. The Morgan fingerprint density at radius 2 is 1.13 bits per heavy atom. The van der Waals surface area contributed by atoms with Crippen LogP contribution in [0.2, 0.25) is 0 Å². The van der Waals surface area contributed by atoms with E-state index in [9.17, 15) is 0 Å². The highest BCUT2D eigenvalue weighted by Crippen LogP contribution is 2.17. The van der Waals surface area contributed by atoms with Crippen molar-refractivity contribution in [1.82, 2.24) is 0 Å². The molecule has 0 amide bonds. The van der Waals surface area contributed by atoms with Gasteiger partial charge in [0.05, 0.1) is 34.7 Å². The van der Waals surface area contributed by atoms with E-state index in [1.807, 2.05) is 0 Å². The lowest BCUT2D eigenvalue weighted by atomic mass is 10.0. The quantitative estimate of drug-likeness (QED) is 0.213. The Kier molecular flexibility index (Phi) is 20.4. The molecule has 0 saturated heterocycles. The highest BCUT2D eigenvalue weighted by atomic mass is 35.5. The van der Waals surface area contributed by atoms with Gasteiger partial charge in [0.1, 0.15) is 13.1 Å². The van der Waals surface area contributed by atoms with Crippen LogP contribution in [0.1, 0.15) is 82.3 Å². The number of halogens is 2. The summed E-state index contributed by atoms with van der Waals surface area (Å²) in [5, 5.41) is 2.72. The molecule has 0 radical (unpaired) electrons. The molecule has 3 aromatic carbocycles. The minimum absolute atomic E-state index is 0. The molecule has 3 rings (SSSR count). The lowest BCUT2D eigenvalue weighted by molar-refractivity contribution is -0.903. The minimum atomic E-state index is 0. The molecule has 4 heteroatoms. The predicted molar refractivity (Wildman–Crippen MR) is 159 cm³/mol. The number of benzene rings is 3. The molecule has 0 spiro atoms. The van der Waals surface area contributed by atoms with Gasteiger partial charge in [0.2, 0.25) is 0 Å². The molecule has 1 N–H and O–H groups in total. The van der Waals surface area contributed by atoms with Crippen LogP contribution in [-0.2, 0) is 13.1 Å². The third-order valence-corrected chi connectivity index (χ3v) is 6.99. The highest BCUT2D eigenvalue weighted by molar-refractivity contribution is 5.85. The fourth-order valence-electron chi connectivity index (χ4n) is 5.01. The summed E-state index contributed by atoms with van der Waals surface area (Å²) in [5.74, 6) is 0. The van der Waals surface area contributed by atoms with E-state index in [1.54, 1.807) is 0 Å². The van der Waals surface area contributed by atoms with Gasteiger partial charge < -0.3 is 34.2 Å². The van der Waals surface area contributed by atoms with Gasteiger partial charge in [0, 0.05) is 11.1 Å². The van der Waals surface area contributed by atoms with Crippen molar-refractivity contribution >= 4 is 10.8 Å². The summed E-state index contributed by atoms with van der Waals surface area (Å²) in [6.45, 7) is 5.82. The molecule has 0 bridgehead atoms. The van der Waals surface area contributed by atoms with E-state index >= 15 is 0 Å². The molecule has 0 aromatic heterocycles. The summed E-state index contributed by atoms with van der Waals surface area (Å²) in [7, 11) is 9.09. The number of rotatable bonds is 15. The second-order valence-electron chi connectivity index (χ2n) is 11.5. The first-order valence-corrected chi connectivity index (χ1v) is 14.5. The Morgan fingerprint density at radius 1 is 0.605 bits per heavy atom. The number of hydrogen-bond donors (Lipinski definition) is 1. The van der Waals surface area contributed by atoms with Crippen LogP contribution in [0.3, 0.4) is 0 Å². The van der Waals surface area contributed by atoms with Gasteiger partial charge in [0.25, 0.3) is 0 Å². The maximum absolute atomic E-state index is 2.36. The third-order valence-electron chi connectivity index (χ3n) is 6.99. The van der Waals surface area contributed by atoms with Crippen LogP contribution in [0.5, 0.6) is 0 Å². The molecule has 38 heavy (non-hydrogen) atoms. The van der Waals surface area contributed by atoms with Crippen LogP contribution < -0.4 is 29.7 Å². The van der Waals surface area contributed by atoms with Crippen LogP contribution in [0.4, 0.5) is 0 Å². The zero-order chi connectivity index (χ0) is 26.1. The van der Waals surface area contributed by atoms with Gasteiger partial charge in [-0.15, -0.1) is 0 Å². The highest BCUT2D eigenvalue weighted by Gasteiger charge is 2.14. The summed E-state index contributed by atoms with van der Waals surface area (Å²) < 4.78 is 1.11. The number of unbranched alkanes of at least 4 members (excludes halogenated alkanes) is 9. The summed E-state index contributed by atoms with van der Waals surface area (Å²) in [4.78, 5) is 1.46.